The van der Waals surface area contributed by atoms with Crippen molar-refractivity contribution in [3.63, 3.8) is 0 Å². The average Bonchev–Trinajstić information content (AvgIpc) is 3.07. The summed E-state index contributed by atoms with van der Waals surface area (Å²) in [5.41, 5.74) is 5.26. The number of fused-ring (bicyclic) bond motifs is 1. The van der Waals surface area contributed by atoms with Gasteiger partial charge in [-0.2, -0.15) is 0 Å². The summed E-state index contributed by atoms with van der Waals surface area (Å²) in [6.45, 7) is 4.51. The van der Waals surface area contributed by atoms with E-state index in [4.69, 9.17) is 4.98 Å². The van der Waals surface area contributed by atoms with Crippen molar-refractivity contribution >= 4 is 21.6 Å². The van der Waals surface area contributed by atoms with E-state index in [0.29, 0.717) is 0 Å². The van der Waals surface area contributed by atoms with Gasteiger partial charge in [-0.15, -0.1) is 11.3 Å². The molecule has 0 bridgehead atoms. The first-order valence-electron chi connectivity index (χ1n) is 9.79. The fraction of sp³-hybridized carbons (Fsp3) is 0.435. The lowest BCUT2D eigenvalue weighted by molar-refractivity contribution is 0.667. The Hall–Kier alpha value is -1.67. The molecule has 0 radical (unpaired) electrons. The lowest BCUT2D eigenvalue weighted by atomic mass is 10.1. The van der Waals surface area contributed by atoms with E-state index in [0.717, 1.165) is 10.5 Å². The Kier molecular flexibility index (Phi) is 6.63. The third-order valence-electron chi connectivity index (χ3n) is 4.79. The van der Waals surface area contributed by atoms with E-state index in [2.05, 4.69) is 56.3 Å². The minimum Gasteiger partial charge on any atom is -0.236 e. The van der Waals surface area contributed by atoms with Crippen molar-refractivity contribution in [1.29, 1.82) is 0 Å². The van der Waals surface area contributed by atoms with Gasteiger partial charge in [-0.3, -0.25) is 0 Å². The molecule has 132 valence electrons. The van der Waals surface area contributed by atoms with Crippen molar-refractivity contribution in [3.05, 3.63) is 53.6 Å². The van der Waals surface area contributed by atoms with Gasteiger partial charge in [0.05, 0.1) is 10.2 Å². The maximum Gasteiger partial charge on any atom is 0.124 e. The van der Waals surface area contributed by atoms with Gasteiger partial charge in [0.15, 0.2) is 0 Å². The first-order chi connectivity index (χ1) is 12.3. The van der Waals surface area contributed by atoms with Gasteiger partial charge in [-0.25, -0.2) is 4.98 Å². The van der Waals surface area contributed by atoms with Gasteiger partial charge in [-0.05, 0) is 48.9 Å². The molecule has 0 amide bonds. The molecule has 1 nitrogen and oxygen atoms in total. The zero-order chi connectivity index (χ0) is 17.5. The molecule has 0 aliphatic heterocycles. The van der Waals surface area contributed by atoms with Crippen LogP contribution < -0.4 is 0 Å². The predicted octanol–water partition coefficient (Wildman–Crippen LogP) is 7.43. The topological polar surface area (TPSA) is 12.9 Å². The molecule has 0 fully saturated rings. The summed E-state index contributed by atoms with van der Waals surface area (Å²) >= 11 is 1.82. The molecular formula is C23H29NS. The van der Waals surface area contributed by atoms with E-state index in [1.54, 1.807) is 0 Å². The van der Waals surface area contributed by atoms with Crippen LogP contribution in [0, 0.1) is 0 Å². The van der Waals surface area contributed by atoms with Crippen LogP contribution in [-0.2, 0) is 12.8 Å². The highest BCUT2D eigenvalue weighted by molar-refractivity contribution is 7.21. The van der Waals surface area contributed by atoms with Crippen LogP contribution in [0.25, 0.3) is 20.8 Å². The lowest BCUT2D eigenvalue weighted by Gasteiger charge is -2.01. The summed E-state index contributed by atoms with van der Waals surface area (Å²) < 4.78 is 1.32. The number of unbranched alkanes of at least 4 members (excludes halogenated alkanes) is 4. The summed E-state index contributed by atoms with van der Waals surface area (Å²) in [6, 6.07) is 15.8. The molecule has 0 N–H and O–H groups in total. The molecule has 25 heavy (non-hydrogen) atoms. The number of benzene rings is 2. The van der Waals surface area contributed by atoms with Crippen molar-refractivity contribution in [1.82, 2.24) is 4.98 Å². The van der Waals surface area contributed by atoms with Crippen LogP contribution in [0.5, 0.6) is 0 Å². The van der Waals surface area contributed by atoms with Gasteiger partial charge in [0, 0.05) is 5.56 Å². The standard InChI is InChI=1S/C23H29NS/c1-3-5-7-8-10-19-13-16-21-22(17-19)25-23(24-21)20-14-11-18(12-15-20)9-6-4-2/h11-17H,3-10H2,1-2H3. The van der Waals surface area contributed by atoms with Crippen LogP contribution in [0.4, 0.5) is 0 Å². The number of thiazole rings is 1. The first kappa shape index (κ1) is 18.1. The van der Waals surface area contributed by atoms with Crippen LogP contribution in [-0.4, -0.2) is 4.98 Å². The Bertz CT molecular complexity index is 785. The average molecular weight is 352 g/mol. The second-order valence-electron chi connectivity index (χ2n) is 6.93. The molecule has 0 atom stereocenters. The van der Waals surface area contributed by atoms with Gasteiger partial charge in [0.1, 0.15) is 5.01 Å². The third-order valence-corrected chi connectivity index (χ3v) is 5.86. The van der Waals surface area contributed by atoms with E-state index in [1.165, 1.54) is 72.8 Å². The monoisotopic (exact) mass is 351 g/mol. The summed E-state index contributed by atoms with van der Waals surface area (Å²) in [5.74, 6) is 0. The van der Waals surface area contributed by atoms with E-state index < -0.39 is 0 Å². The van der Waals surface area contributed by atoms with Crippen molar-refractivity contribution in [2.24, 2.45) is 0 Å². The fourth-order valence-corrected chi connectivity index (χ4v) is 4.23. The minimum absolute atomic E-state index is 1.13. The van der Waals surface area contributed by atoms with Crippen molar-refractivity contribution in [3.8, 4) is 10.6 Å². The molecule has 3 rings (SSSR count). The number of rotatable bonds is 9. The first-order valence-corrected chi connectivity index (χ1v) is 10.6. The maximum atomic E-state index is 4.84. The molecule has 0 spiro atoms. The third kappa shape index (κ3) is 4.92. The normalized spacial score (nSPS) is 11.3. The number of aryl methyl sites for hydroxylation is 2. The van der Waals surface area contributed by atoms with Crippen molar-refractivity contribution in [2.45, 2.75) is 65.2 Å². The Balaban J connectivity index is 1.72. The molecule has 1 aromatic heterocycles. The SMILES string of the molecule is CCCCCCc1ccc2nc(-c3ccc(CCCC)cc3)sc2c1. The number of hydrogen-bond donors (Lipinski definition) is 0. The summed E-state index contributed by atoms with van der Waals surface area (Å²) in [6.07, 6.45) is 10.2. The molecule has 0 saturated carbocycles. The van der Waals surface area contributed by atoms with E-state index in [-0.39, 0.29) is 0 Å². The van der Waals surface area contributed by atoms with Crippen LogP contribution in [0.2, 0.25) is 0 Å². The predicted molar refractivity (Wildman–Crippen MR) is 112 cm³/mol. The van der Waals surface area contributed by atoms with E-state index in [9.17, 15) is 0 Å². The Morgan fingerprint density at radius 3 is 2.24 bits per heavy atom. The fourth-order valence-electron chi connectivity index (χ4n) is 3.20. The molecule has 0 aliphatic carbocycles. The Morgan fingerprint density at radius 2 is 1.48 bits per heavy atom. The summed E-state index contributed by atoms with van der Waals surface area (Å²) in [5, 5.41) is 1.14. The quantitative estimate of drug-likeness (QED) is 0.365. The Labute approximate surface area is 156 Å². The minimum atomic E-state index is 1.13. The van der Waals surface area contributed by atoms with Gasteiger partial charge in [-0.1, -0.05) is 69.9 Å². The van der Waals surface area contributed by atoms with Gasteiger partial charge >= 0.3 is 0 Å². The van der Waals surface area contributed by atoms with Gasteiger partial charge in [0.2, 0.25) is 0 Å². The zero-order valence-electron chi connectivity index (χ0n) is 15.6. The van der Waals surface area contributed by atoms with Gasteiger partial charge < -0.3 is 0 Å². The molecule has 2 heteroatoms. The molecule has 0 unspecified atom stereocenters. The highest BCUT2D eigenvalue weighted by Crippen LogP contribution is 2.31. The molecule has 2 aromatic carbocycles. The highest BCUT2D eigenvalue weighted by Gasteiger charge is 2.07. The van der Waals surface area contributed by atoms with Crippen molar-refractivity contribution < 1.29 is 0 Å². The number of hydrogen-bond acceptors (Lipinski definition) is 2. The van der Waals surface area contributed by atoms with E-state index in [1.807, 2.05) is 11.3 Å². The zero-order valence-corrected chi connectivity index (χ0v) is 16.4. The van der Waals surface area contributed by atoms with Crippen LogP contribution in [0.1, 0.15) is 63.5 Å². The summed E-state index contributed by atoms with van der Waals surface area (Å²) in [4.78, 5) is 4.84. The number of aromatic nitrogens is 1. The van der Waals surface area contributed by atoms with Crippen molar-refractivity contribution in [2.75, 3.05) is 0 Å². The smallest absolute Gasteiger partial charge is 0.124 e. The Morgan fingerprint density at radius 1 is 0.760 bits per heavy atom. The maximum absolute atomic E-state index is 4.84. The number of nitrogens with zero attached hydrogens (tertiary/aromatic N) is 1. The molecule has 0 aliphatic rings. The van der Waals surface area contributed by atoms with Crippen LogP contribution >= 0.6 is 11.3 Å². The lowest BCUT2D eigenvalue weighted by Crippen LogP contribution is -1.85. The highest BCUT2D eigenvalue weighted by atomic mass is 32.1. The van der Waals surface area contributed by atoms with Gasteiger partial charge in [0.25, 0.3) is 0 Å². The molecular weight excluding hydrogens is 322 g/mol. The van der Waals surface area contributed by atoms with Crippen LogP contribution in [0.15, 0.2) is 42.5 Å². The second-order valence-corrected chi connectivity index (χ2v) is 7.96. The molecule has 1 heterocycles. The summed E-state index contributed by atoms with van der Waals surface area (Å²) in [7, 11) is 0. The largest absolute Gasteiger partial charge is 0.236 e. The molecule has 3 aromatic rings. The van der Waals surface area contributed by atoms with Crippen LogP contribution in [0.3, 0.4) is 0 Å². The van der Waals surface area contributed by atoms with E-state index >= 15 is 0 Å². The second kappa shape index (κ2) is 9.15. The molecule has 0 saturated heterocycles.